The summed E-state index contributed by atoms with van der Waals surface area (Å²) >= 11 is 0. The summed E-state index contributed by atoms with van der Waals surface area (Å²) in [5.41, 5.74) is 1.00. The van der Waals surface area contributed by atoms with Gasteiger partial charge in [-0.05, 0) is 38.0 Å². The minimum atomic E-state index is -0.410. The first-order valence-electron chi connectivity index (χ1n) is 6.98. The summed E-state index contributed by atoms with van der Waals surface area (Å²) in [6.07, 6.45) is 0.962. The number of methoxy groups -OCH3 is 1. The van der Waals surface area contributed by atoms with E-state index in [1.54, 1.807) is 21.1 Å². The second kappa shape index (κ2) is 8.15. The van der Waals surface area contributed by atoms with Gasteiger partial charge in [0, 0.05) is 13.5 Å². The monoisotopic (exact) mass is 290 g/mol. The number of carbonyl (C=O) groups is 1. The van der Waals surface area contributed by atoms with Crippen LogP contribution in [0.1, 0.15) is 25.8 Å². The Bertz CT molecular complexity index is 523. The predicted octanol–water partition coefficient (Wildman–Crippen LogP) is 2.40. The molecule has 1 amide bonds. The zero-order valence-electron chi connectivity index (χ0n) is 13.0. The van der Waals surface area contributed by atoms with Crippen LogP contribution in [-0.4, -0.2) is 37.6 Å². The van der Waals surface area contributed by atoms with E-state index in [2.05, 4.69) is 6.07 Å². The van der Waals surface area contributed by atoms with Crippen molar-refractivity contribution >= 4 is 5.91 Å². The molecular formula is C16H22N2O3. The summed E-state index contributed by atoms with van der Waals surface area (Å²) in [7, 11) is 3.24. The lowest BCUT2D eigenvalue weighted by Gasteiger charge is -2.19. The van der Waals surface area contributed by atoms with E-state index in [4.69, 9.17) is 14.7 Å². The van der Waals surface area contributed by atoms with Gasteiger partial charge in [0.1, 0.15) is 6.04 Å². The van der Waals surface area contributed by atoms with E-state index < -0.39 is 6.04 Å². The van der Waals surface area contributed by atoms with E-state index in [9.17, 15) is 4.79 Å². The van der Waals surface area contributed by atoms with Crippen molar-refractivity contribution in [2.75, 3.05) is 20.8 Å². The van der Waals surface area contributed by atoms with Crippen LogP contribution in [0.4, 0.5) is 0 Å². The number of hydrogen-bond donors (Lipinski definition) is 0. The van der Waals surface area contributed by atoms with E-state index in [1.165, 1.54) is 4.90 Å². The SMILES string of the molecule is CCOc1ccc(CCC(=O)N(C)C(C)C#N)cc1OC. The van der Waals surface area contributed by atoms with Crippen LogP contribution in [0.25, 0.3) is 0 Å². The average Bonchev–Trinajstić information content (AvgIpc) is 2.52. The van der Waals surface area contributed by atoms with Crippen molar-refractivity contribution in [3.63, 3.8) is 0 Å². The number of rotatable bonds is 7. The molecule has 0 aliphatic heterocycles. The van der Waals surface area contributed by atoms with Crippen LogP contribution in [0.2, 0.25) is 0 Å². The molecule has 5 heteroatoms. The Kier molecular flexibility index (Phi) is 6.54. The summed E-state index contributed by atoms with van der Waals surface area (Å²) in [5, 5.41) is 8.81. The Morgan fingerprint density at radius 2 is 2.14 bits per heavy atom. The molecule has 0 spiro atoms. The molecule has 0 fully saturated rings. The highest BCUT2D eigenvalue weighted by molar-refractivity contribution is 5.76. The van der Waals surface area contributed by atoms with Crippen LogP contribution in [-0.2, 0) is 11.2 Å². The van der Waals surface area contributed by atoms with E-state index >= 15 is 0 Å². The van der Waals surface area contributed by atoms with Crippen molar-refractivity contribution in [2.45, 2.75) is 32.7 Å². The van der Waals surface area contributed by atoms with Gasteiger partial charge in [-0.2, -0.15) is 5.26 Å². The minimum Gasteiger partial charge on any atom is -0.493 e. The Labute approximate surface area is 126 Å². The van der Waals surface area contributed by atoms with Crippen LogP contribution >= 0.6 is 0 Å². The van der Waals surface area contributed by atoms with Gasteiger partial charge >= 0.3 is 0 Å². The molecule has 0 aromatic heterocycles. The number of nitriles is 1. The maximum absolute atomic E-state index is 12.0. The lowest BCUT2D eigenvalue weighted by molar-refractivity contribution is -0.130. The van der Waals surface area contributed by atoms with Crippen LogP contribution in [0, 0.1) is 11.3 Å². The van der Waals surface area contributed by atoms with E-state index in [0.29, 0.717) is 30.9 Å². The summed E-state index contributed by atoms with van der Waals surface area (Å²) < 4.78 is 10.7. The van der Waals surface area contributed by atoms with Gasteiger partial charge < -0.3 is 14.4 Å². The summed E-state index contributed by atoms with van der Waals surface area (Å²) in [6, 6.07) is 7.30. The third-order valence-corrected chi connectivity index (χ3v) is 3.32. The van der Waals surface area contributed by atoms with Gasteiger partial charge in [-0.3, -0.25) is 4.79 Å². The van der Waals surface area contributed by atoms with Crippen molar-refractivity contribution in [3.05, 3.63) is 23.8 Å². The van der Waals surface area contributed by atoms with Gasteiger partial charge in [0.2, 0.25) is 5.91 Å². The molecule has 1 rings (SSSR count). The van der Waals surface area contributed by atoms with Gasteiger partial charge in [0.05, 0.1) is 19.8 Å². The molecule has 1 aromatic carbocycles. The molecule has 1 atom stereocenters. The highest BCUT2D eigenvalue weighted by Crippen LogP contribution is 2.28. The third kappa shape index (κ3) is 4.67. The van der Waals surface area contributed by atoms with Crippen molar-refractivity contribution in [2.24, 2.45) is 0 Å². The molecule has 0 saturated carbocycles. The zero-order chi connectivity index (χ0) is 15.8. The number of benzene rings is 1. The van der Waals surface area contributed by atoms with Crippen molar-refractivity contribution < 1.29 is 14.3 Å². The van der Waals surface area contributed by atoms with Crippen molar-refractivity contribution in [1.82, 2.24) is 4.90 Å². The van der Waals surface area contributed by atoms with Gasteiger partial charge in [0.15, 0.2) is 11.5 Å². The van der Waals surface area contributed by atoms with Crippen LogP contribution in [0.15, 0.2) is 18.2 Å². The van der Waals surface area contributed by atoms with E-state index in [0.717, 1.165) is 5.56 Å². The highest BCUT2D eigenvalue weighted by Gasteiger charge is 2.15. The predicted molar refractivity (Wildman–Crippen MR) is 80.3 cm³/mol. The highest BCUT2D eigenvalue weighted by atomic mass is 16.5. The van der Waals surface area contributed by atoms with Gasteiger partial charge in [0.25, 0.3) is 0 Å². The fraction of sp³-hybridized carbons (Fsp3) is 0.500. The molecule has 0 aliphatic rings. The number of amides is 1. The lowest BCUT2D eigenvalue weighted by Crippen LogP contribution is -2.34. The molecule has 114 valence electrons. The molecule has 0 saturated heterocycles. The molecule has 0 N–H and O–H groups in total. The number of carbonyl (C=O) groups excluding carboxylic acids is 1. The Morgan fingerprint density at radius 1 is 1.43 bits per heavy atom. The third-order valence-electron chi connectivity index (χ3n) is 3.32. The van der Waals surface area contributed by atoms with Crippen LogP contribution in [0.5, 0.6) is 11.5 Å². The first-order chi connectivity index (χ1) is 10.0. The maximum Gasteiger partial charge on any atom is 0.223 e. The zero-order valence-corrected chi connectivity index (χ0v) is 13.0. The van der Waals surface area contributed by atoms with E-state index in [1.807, 2.05) is 25.1 Å². The molecule has 0 aliphatic carbocycles. The molecular weight excluding hydrogens is 268 g/mol. The van der Waals surface area contributed by atoms with Gasteiger partial charge in [-0.25, -0.2) is 0 Å². The molecule has 0 radical (unpaired) electrons. The first-order valence-corrected chi connectivity index (χ1v) is 6.98. The van der Waals surface area contributed by atoms with Gasteiger partial charge in [-0.15, -0.1) is 0 Å². The van der Waals surface area contributed by atoms with Gasteiger partial charge in [-0.1, -0.05) is 6.07 Å². The first kappa shape index (κ1) is 16.8. The fourth-order valence-corrected chi connectivity index (χ4v) is 1.87. The van der Waals surface area contributed by atoms with Crippen LogP contribution < -0.4 is 9.47 Å². The second-order valence-electron chi connectivity index (χ2n) is 4.73. The molecule has 5 nitrogen and oxygen atoms in total. The van der Waals surface area contributed by atoms with E-state index in [-0.39, 0.29) is 5.91 Å². The number of aryl methyl sites for hydroxylation is 1. The lowest BCUT2D eigenvalue weighted by atomic mass is 10.1. The molecule has 0 bridgehead atoms. The maximum atomic E-state index is 12.0. The average molecular weight is 290 g/mol. The Morgan fingerprint density at radius 3 is 2.71 bits per heavy atom. The quantitative estimate of drug-likeness (QED) is 0.773. The fourth-order valence-electron chi connectivity index (χ4n) is 1.87. The summed E-state index contributed by atoms with van der Waals surface area (Å²) in [6.45, 7) is 4.20. The normalized spacial score (nSPS) is 11.4. The van der Waals surface area contributed by atoms with Crippen molar-refractivity contribution in [3.8, 4) is 17.6 Å². The summed E-state index contributed by atoms with van der Waals surface area (Å²) in [4.78, 5) is 13.4. The Balaban J connectivity index is 2.68. The number of nitrogens with zero attached hydrogens (tertiary/aromatic N) is 2. The second-order valence-corrected chi connectivity index (χ2v) is 4.73. The molecule has 1 unspecified atom stereocenters. The molecule has 1 aromatic rings. The molecule has 21 heavy (non-hydrogen) atoms. The number of ether oxygens (including phenoxy) is 2. The number of hydrogen-bond acceptors (Lipinski definition) is 4. The molecule has 0 heterocycles. The smallest absolute Gasteiger partial charge is 0.223 e. The topological polar surface area (TPSA) is 62.6 Å². The largest absolute Gasteiger partial charge is 0.493 e. The standard InChI is InChI=1S/C16H22N2O3/c1-5-21-14-8-6-13(10-15(14)20-4)7-9-16(19)18(3)12(2)11-17/h6,8,10,12H,5,7,9H2,1-4H3. The van der Waals surface area contributed by atoms with Crippen LogP contribution in [0.3, 0.4) is 0 Å². The minimum absolute atomic E-state index is 0.0445. The Hall–Kier alpha value is -2.22. The van der Waals surface area contributed by atoms with Crippen molar-refractivity contribution in [1.29, 1.82) is 5.26 Å². The summed E-state index contributed by atoms with van der Waals surface area (Å²) in [5.74, 6) is 1.32.